The lowest BCUT2D eigenvalue weighted by atomic mass is 9.98. The van der Waals surface area contributed by atoms with E-state index in [2.05, 4.69) is 27.8 Å². The Kier molecular flexibility index (Phi) is 3.72. The zero-order chi connectivity index (χ0) is 13.9. The number of rotatable bonds is 3. The summed E-state index contributed by atoms with van der Waals surface area (Å²) in [5.41, 5.74) is 4.20. The minimum absolute atomic E-state index is 0.754. The van der Waals surface area contributed by atoms with Crippen LogP contribution in [0.1, 0.15) is 0 Å². The highest BCUT2D eigenvalue weighted by Gasteiger charge is 2.11. The largest absolute Gasteiger partial charge is 0.365 e. The van der Waals surface area contributed by atoms with Crippen molar-refractivity contribution in [1.29, 1.82) is 0 Å². The second-order valence-corrected chi connectivity index (χ2v) is 5.58. The van der Waals surface area contributed by atoms with Crippen LogP contribution < -0.4 is 5.32 Å². The first-order valence-electron chi connectivity index (χ1n) is 6.27. The molecular weight excluding hydrogens is 288 g/mol. The number of thiazole rings is 1. The SMILES string of the molecule is CNc1nc(-c2ccccc2-c2ccccc2Cl)cs1. The molecule has 0 atom stereocenters. The molecule has 0 aliphatic carbocycles. The van der Waals surface area contributed by atoms with Crippen molar-refractivity contribution in [1.82, 2.24) is 4.98 Å². The molecule has 2 nitrogen and oxygen atoms in total. The topological polar surface area (TPSA) is 24.9 Å². The van der Waals surface area contributed by atoms with Crippen LogP contribution in [-0.4, -0.2) is 12.0 Å². The fourth-order valence-corrected chi connectivity index (χ4v) is 3.04. The molecule has 0 spiro atoms. The van der Waals surface area contributed by atoms with Crippen molar-refractivity contribution in [2.24, 2.45) is 0 Å². The van der Waals surface area contributed by atoms with Crippen LogP contribution in [0.3, 0.4) is 0 Å². The summed E-state index contributed by atoms with van der Waals surface area (Å²) in [4.78, 5) is 4.58. The normalized spacial score (nSPS) is 10.5. The van der Waals surface area contributed by atoms with Gasteiger partial charge in [0.25, 0.3) is 0 Å². The summed E-state index contributed by atoms with van der Waals surface area (Å²) in [5.74, 6) is 0. The Labute approximate surface area is 127 Å². The summed E-state index contributed by atoms with van der Waals surface area (Å²) in [6.45, 7) is 0. The van der Waals surface area contributed by atoms with Gasteiger partial charge in [-0.1, -0.05) is 54.1 Å². The molecule has 2 aromatic carbocycles. The average Bonchev–Trinajstić information content (AvgIpc) is 2.97. The lowest BCUT2D eigenvalue weighted by Gasteiger charge is -2.09. The summed E-state index contributed by atoms with van der Waals surface area (Å²) in [7, 11) is 1.88. The van der Waals surface area contributed by atoms with Gasteiger partial charge in [0.1, 0.15) is 0 Å². The molecule has 0 aliphatic rings. The van der Waals surface area contributed by atoms with Crippen molar-refractivity contribution >= 4 is 28.1 Å². The molecule has 1 N–H and O–H groups in total. The predicted octanol–water partition coefficient (Wildman–Crippen LogP) is 5.17. The molecule has 0 amide bonds. The molecule has 1 aromatic heterocycles. The second kappa shape index (κ2) is 5.65. The summed E-state index contributed by atoms with van der Waals surface area (Å²) >= 11 is 7.92. The Morgan fingerprint density at radius 1 is 0.950 bits per heavy atom. The Hall–Kier alpha value is -1.84. The minimum atomic E-state index is 0.754. The Morgan fingerprint density at radius 2 is 1.60 bits per heavy atom. The summed E-state index contributed by atoms with van der Waals surface area (Å²) < 4.78 is 0. The summed E-state index contributed by atoms with van der Waals surface area (Å²) in [5, 5.41) is 6.79. The first-order valence-corrected chi connectivity index (χ1v) is 7.53. The average molecular weight is 301 g/mol. The van der Waals surface area contributed by atoms with Crippen LogP contribution in [0.25, 0.3) is 22.4 Å². The van der Waals surface area contributed by atoms with Gasteiger partial charge in [0.15, 0.2) is 5.13 Å². The van der Waals surface area contributed by atoms with Crippen molar-refractivity contribution in [3.05, 3.63) is 58.9 Å². The lowest BCUT2D eigenvalue weighted by molar-refractivity contribution is 1.36. The van der Waals surface area contributed by atoms with Gasteiger partial charge in [-0.2, -0.15) is 0 Å². The first kappa shape index (κ1) is 13.2. The smallest absolute Gasteiger partial charge is 0.182 e. The van der Waals surface area contributed by atoms with Gasteiger partial charge in [0.2, 0.25) is 0 Å². The molecule has 0 fully saturated rings. The zero-order valence-electron chi connectivity index (χ0n) is 10.9. The number of aromatic nitrogens is 1. The molecule has 3 rings (SSSR count). The number of halogens is 1. The fourth-order valence-electron chi connectivity index (χ4n) is 2.13. The highest BCUT2D eigenvalue weighted by atomic mass is 35.5. The van der Waals surface area contributed by atoms with E-state index >= 15 is 0 Å². The van der Waals surface area contributed by atoms with E-state index in [0.29, 0.717) is 0 Å². The molecule has 0 saturated carbocycles. The second-order valence-electron chi connectivity index (χ2n) is 4.31. The van der Waals surface area contributed by atoms with Crippen molar-refractivity contribution in [3.8, 4) is 22.4 Å². The van der Waals surface area contributed by atoms with E-state index in [9.17, 15) is 0 Å². The number of anilines is 1. The van der Waals surface area contributed by atoms with Crippen molar-refractivity contribution < 1.29 is 0 Å². The number of benzene rings is 2. The van der Waals surface area contributed by atoms with Gasteiger partial charge in [0.05, 0.1) is 5.69 Å². The summed E-state index contributed by atoms with van der Waals surface area (Å²) in [6, 6.07) is 16.1. The predicted molar refractivity (Wildman–Crippen MR) is 87.5 cm³/mol. The minimum Gasteiger partial charge on any atom is -0.365 e. The highest BCUT2D eigenvalue weighted by Crippen LogP contribution is 2.36. The number of nitrogens with zero attached hydrogens (tertiary/aromatic N) is 1. The van der Waals surface area contributed by atoms with Crippen molar-refractivity contribution in [2.45, 2.75) is 0 Å². The van der Waals surface area contributed by atoms with E-state index in [-0.39, 0.29) is 0 Å². The molecule has 0 aliphatic heterocycles. The van der Waals surface area contributed by atoms with E-state index in [1.165, 1.54) is 0 Å². The third kappa shape index (κ3) is 2.42. The van der Waals surface area contributed by atoms with Crippen LogP contribution in [0.4, 0.5) is 5.13 Å². The molecule has 20 heavy (non-hydrogen) atoms. The maximum atomic E-state index is 6.32. The van der Waals surface area contributed by atoms with Gasteiger partial charge in [-0.05, 0) is 11.6 Å². The molecule has 100 valence electrons. The van der Waals surface area contributed by atoms with E-state index in [1.54, 1.807) is 11.3 Å². The Bertz CT molecular complexity index is 737. The maximum absolute atomic E-state index is 6.32. The van der Waals surface area contributed by atoms with E-state index < -0.39 is 0 Å². The molecule has 1 heterocycles. The molecule has 0 bridgehead atoms. The Balaban J connectivity index is 2.16. The van der Waals surface area contributed by atoms with Crippen LogP contribution in [0, 0.1) is 0 Å². The molecule has 0 unspecified atom stereocenters. The van der Waals surface area contributed by atoms with E-state index in [0.717, 1.165) is 32.5 Å². The zero-order valence-corrected chi connectivity index (χ0v) is 12.5. The quantitative estimate of drug-likeness (QED) is 0.721. The third-order valence-electron chi connectivity index (χ3n) is 3.09. The number of nitrogens with one attached hydrogen (secondary N) is 1. The van der Waals surface area contributed by atoms with Crippen LogP contribution in [0.5, 0.6) is 0 Å². The van der Waals surface area contributed by atoms with Gasteiger partial charge in [-0.25, -0.2) is 4.98 Å². The van der Waals surface area contributed by atoms with Crippen LogP contribution in [-0.2, 0) is 0 Å². The summed E-state index contributed by atoms with van der Waals surface area (Å²) in [6.07, 6.45) is 0. The maximum Gasteiger partial charge on any atom is 0.182 e. The van der Waals surface area contributed by atoms with Crippen LogP contribution in [0.2, 0.25) is 5.02 Å². The number of hydrogen-bond donors (Lipinski definition) is 1. The number of hydrogen-bond acceptors (Lipinski definition) is 3. The lowest BCUT2D eigenvalue weighted by Crippen LogP contribution is -1.88. The molecule has 0 radical (unpaired) electrons. The highest BCUT2D eigenvalue weighted by molar-refractivity contribution is 7.14. The van der Waals surface area contributed by atoms with Crippen molar-refractivity contribution in [3.63, 3.8) is 0 Å². The standard InChI is InChI=1S/C16H13ClN2S/c1-18-16-19-15(10-20-16)13-8-3-2-6-11(13)12-7-4-5-9-14(12)17/h2-10H,1H3,(H,18,19). The van der Waals surface area contributed by atoms with Gasteiger partial charge in [0, 0.05) is 28.6 Å². The monoisotopic (exact) mass is 300 g/mol. The Morgan fingerprint density at radius 3 is 2.25 bits per heavy atom. The molecule has 0 saturated heterocycles. The van der Waals surface area contributed by atoms with Gasteiger partial charge >= 0.3 is 0 Å². The fraction of sp³-hybridized carbons (Fsp3) is 0.0625. The molecular formula is C16H13ClN2S. The van der Waals surface area contributed by atoms with Crippen LogP contribution in [0.15, 0.2) is 53.9 Å². The first-order chi connectivity index (χ1) is 9.79. The van der Waals surface area contributed by atoms with Crippen LogP contribution >= 0.6 is 22.9 Å². The van der Waals surface area contributed by atoms with Gasteiger partial charge < -0.3 is 5.32 Å². The van der Waals surface area contributed by atoms with E-state index in [1.807, 2.05) is 43.4 Å². The van der Waals surface area contributed by atoms with Gasteiger partial charge in [-0.15, -0.1) is 11.3 Å². The molecule has 4 heteroatoms. The van der Waals surface area contributed by atoms with Crippen molar-refractivity contribution in [2.75, 3.05) is 12.4 Å². The molecule has 3 aromatic rings. The van der Waals surface area contributed by atoms with E-state index in [4.69, 9.17) is 11.6 Å². The van der Waals surface area contributed by atoms with Gasteiger partial charge in [-0.3, -0.25) is 0 Å². The third-order valence-corrected chi connectivity index (χ3v) is 4.27.